The van der Waals surface area contributed by atoms with Crippen LogP contribution >= 0.6 is 0 Å². The van der Waals surface area contributed by atoms with Crippen LogP contribution in [0.1, 0.15) is 25.8 Å². The van der Waals surface area contributed by atoms with Gasteiger partial charge in [-0.15, -0.1) is 0 Å². The van der Waals surface area contributed by atoms with E-state index in [2.05, 4.69) is 10.0 Å². The van der Waals surface area contributed by atoms with Crippen molar-refractivity contribution in [2.45, 2.75) is 68.9 Å². The molecule has 0 radical (unpaired) electrons. The van der Waals surface area contributed by atoms with Gasteiger partial charge in [-0.25, -0.2) is 4.79 Å². The lowest BCUT2D eigenvalue weighted by Crippen LogP contribution is -2.63. The number of rotatable bonds is 7. The minimum Gasteiger partial charge on any atom is -0.465 e. The molecule has 0 aromatic heterocycles. The molecule has 0 spiro atoms. The van der Waals surface area contributed by atoms with Crippen molar-refractivity contribution in [1.82, 2.24) is 0 Å². The maximum absolute atomic E-state index is 12.7. The van der Waals surface area contributed by atoms with E-state index in [-0.39, 0.29) is 19.6 Å². The maximum atomic E-state index is 12.7. The minimum atomic E-state index is -2.02. The van der Waals surface area contributed by atoms with Crippen LogP contribution < -0.4 is 0 Å². The van der Waals surface area contributed by atoms with Crippen molar-refractivity contribution in [1.29, 1.82) is 0 Å². The number of ether oxygens (including phenoxy) is 5. The number of aliphatic hydroxyl groups is 2. The summed E-state index contributed by atoms with van der Waals surface area (Å²) < 4.78 is 27.8. The first-order chi connectivity index (χ1) is 14.7. The Labute approximate surface area is 179 Å². The summed E-state index contributed by atoms with van der Waals surface area (Å²) in [5.74, 6) is -3.84. The largest absolute Gasteiger partial charge is 0.465 e. The molecule has 2 saturated heterocycles. The van der Waals surface area contributed by atoms with Gasteiger partial charge >= 0.3 is 5.97 Å². The van der Waals surface area contributed by atoms with Crippen molar-refractivity contribution >= 4 is 5.97 Å². The van der Waals surface area contributed by atoms with Crippen molar-refractivity contribution in [3.8, 4) is 0 Å². The molecule has 0 aliphatic carbocycles. The average Bonchev–Trinajstić information content (AvgIpc) is 3.13. The van der Waals surface area contributed by atoms with Crippen LogP contribution in [0.25, 0.3) is 10.4 Å². The third-order valence-electron chi connectivity index (χ3n) is 5.28. The Kier molecular flexibility index (Phi) is 7.17. The van der Waals surface area contributed by atoms with Crippen molar-refractivity contribution in [3.63, 3.8) is 0 Å². The summed E-state index contributed by atoms with van der Waals surface area (Å²) in [5, 5.41) is 25.3. The van der Waals surface area contributed by atoms with E-state index >= 15 is 0 Å². The Morgan fingerprint density at radius 2 is 2.06 bits per heavy atom. The van der Waals surface area contributed by atoms with Gasteiger partial charge in [-0.3, -0.25) is 0 Å². The van der Waals surface area contributed by atoms with Crippen molar-refractivity contribution in [2.24, 2.45) is 5.11 Å². The van der Waals surface area contributed by atoms with Gasteiger partial charge in [-0.2, -0.15) is 0 Å². The van der Waals surface area contributed by atoms with Crippen LogP contribution in [0.15, 0.2) is 35.4 Å². The third-order valence-corrected chi connectivity index (χ3v) is 5.28. The predicted octanol–water partition coefficient (Wildman–Crippen LogP) is 1.41. The first kappa shape index (κ1) is 23.4. The van der Waals surface area contributed by atoms with Gasteiger partial charge in [0.1, 0.15) is 18.3 Å². The molecule has 11 heteroatoms. The minimum absolute atomic E-state index is 0.0201. The Hall–Kier alpha value is -2.24. The van der Waals surface area contributed by atoms with Crippen LogP contribution in [0.3, 0.4) is 0 Å². The zero-order valence-corrected chi connectivity index (χ0v) is 17.6. The highest BCUT2D eigenvalue weighted by molar-refractivity contribution is 5.78. The normalized spacial score (nSPS) is 33.3. The fourth-order valence-electron chi connectivity index (χ4n) is 3.73. The maximum Gasteiger partial charge on any atom is 0.366 e. The quantitative estimate of drug-likeness (QED) is 0.281. The molecule has 1 aromatic carbocycles. The topological polar surface area (TPSA) is 152 Å². The van der Waals surface area contributed by atoms with Crippen molar-refractivity contribution in [3.05, 3.63) is 46.3 Å². The Morgan fingerprint density at radius 3 is 2.65 bits per heavy atom. The molecule has 3 rings (SSSR count). The number of hydrogen-bond donors (Lipinski definition) is 2. The predicted molar refractivity (Wildman–Crippen MR) is 105 cm³/mol. The van der Waals surface area contributed by atoms with E-state index in [1.165, 1.54) is 0 Å². The van der Waals surface area contributed by atoms with Crippen LogP contribution in [-0.4, -0.2) is 71.9 Å². The highest BCUT2D eigenvalue weighted by atomic mass is 16.8. The molecular weight excluding hydrogens is 410 g/mol. The summed E-state index contributed by atoms with van der Waals surface area (Å²) in [6.45, 7) is 3.39. The number of carbonyl (C=O) groups is 1. The molecule has 1 aromatic rings. The van der Waals surface area contributed by atoms with Gasteiger partial charge in [0.2, 0.25) is 0 Å². The molecule has 0 unspecified atom stereocenters. The number of azide groups is 1. The molecule has 2 heterocycles. The Bertz CT molecular complexity index is 816. The van der Waals surface area contributed by atoms with Crippen molar-refractivity contribution in [2.75, 3.05) is 13.7 Å². The Morgan fingerprint density at radius 1 is 1.35 bits per heavy atom. The number of esters is 1. The molecule has 0 amide bonds. The van der Waals surface area contributed by atoms with Crippen LogP contribution in [0.5, 0.6) is 0 Å². The van der Waals surface area contributed by atoms with E-state index in [9.17, 15) is 15.0 Å². The van der Waals surface area contributed by atoms with Gasteiger partial charge in [0.25, 0.3) is 5.79 Å². The van der Waals surface area contributed by atoms with Crippen LogP contribution in [0.2, 0.25) is 0 Å². The molecule has 0 saturated carbocycles. The molecule has 2 aliphatic rings. The fraction of sp³-hybridized carbons (Fsp3) is 0.650. The highest BCUT2D eigenvalue weighted by Crippen LogP contribution is 2.37. The first-order valence-corrected chi connectivity index (χ1v) is 9.87. The summed E-state index contributed by atoms with van der Waals surface area (Å²) in [7, 11) is 1.16. The lowest BCUT2D eigenvalue weighted by molar-refractivity contribution is -0.314. The summed E-state index contributed by atoms with van der Waals surface area (Å²) in [6.07, 6.45) is -5.26. The molecule has 2 N–H and O–H groups in total. The molecule has 31 heavy (non-hydrogen) atoms. The molecule has 170 valence electrons. The summed E-state index contributed by atoms with van der Waals surface area (Å²) >= 11 is 0. The standard InChI is InChI=1S/C20H27N3O8/c1-19(2)28-11-14(30-19)16(25)17-15(22-23-21)13(24)9-20(31-17,18(26)27-3)29-10-12-7-5-4-6-8-12/h4-8,13-17,24-25H,9-11H2,1-3H3/t13-,14+,15+,16+,17+,20+/m0/s1. The molecule has 6 atom stereocenters. The molecule has 0 bridgehead atoms. The lowest BCUT2D eigenvalue weighted by Gasteiger charge is -2.45. The lowest BCUT2D eigenvalue weighted by atomic mass is 9.89. The SMILES string of the molecule is COC(=O)[C@@]1(OCc2ccccc2)C[C@H](O)[C@@H](N=[N+]=[N-])[C@H]([C@H](O)[C@H]2COC(C)(C)O2)O1. The van der Waals surface area contributed by atoms with Gasteiger partial charge in [0, 0.05) is 11.3 Å². The number of aliphatic hydroxyl groups excluding tert-OH is 2. The van der Waals surface area contributed by atoms with E-state index in [0.29, 0.717) is 0 Å². The van der Waals surface area contributed by atoms with Gasteiger partial charge in [0.15, 0.2) is 5.79 Å². The second-order valence-corrected chi connectivity index (χ2v) is 7.93. The Balaban J connectivity index is 1.89. The number of nitrogens with zero attached hydrogens (tertiary/aromatic N) is 3. The third kappa shape index (κ3) is 5.16. The number of methoxy groups -OCH3 is 1. The summed E-state index contributed by atoms with van der Waals surface area (Å²) in [5.41, 5.74) is 9.71. The number of benzene rings is 1. The van der Waals surface area contributed by atoms with E-state index in [1.807, 2.05) is 18.2 Å². The van der Waals surface area contributed by atoms with Crippen molar-refractivity contribution < 1.29 is 38.7 Å². The molecule has 2 fully saturated rings. The summed E-state index contributed by atoms with van der Waals surface area (Å²) in [4.78, 5) is 15.4. The van der Waals surface area contributed by atoms with E-state index in [4.69, 9.17) is 29.2 Å². The smallest absolute Gasteiger partial charge is 0.366 e. The van der Waals surface area contributed by atoms with Gasteiger partial charge in [0.05, 0.1) is 32.5 Å². The zero-order valence-electron chi connectivity index (χ0n) is 17.6. The van der Waals surface area contributed by atoms with Crippen LogP contribution in [0.4, 0.5) is 0 Å². The monoisotopic (exact) mass is 437 g/mol. The van der Waals surface area contributed by atoms with Gasteiger partial charge in [-0.05, 0) is 24.9 Å². The van der Waals surface area contributed by atoms with Gasteiger partial charge in [-0.1, -0.05) is 35.4 Å². The average molecular weight is 437 g/mol. The highest BCUT2D eigenvalue weighted by Gasteiger charge is 2.56. The number of hydrogen-bond acceptors (Lipinski definition) is 9. The van der Waals surface area contributed by atoms with Gasteiger partial charge < -0.3 is 33.9 Å². The van der Waals surface area contributed by atoms with Crippen LogP contribution in [-0.2, 0) is 35.1 Å². The van der Waals surface area contributed by atoms with E-state index in [0.717, 1.165) is 12.7 Å². The molecule has 11 nitrogen and oxygen atoms in total. The zero-order chi connectivity index (χ0) is 22.6. The second kappa shape index (κ2) is 9.49. The fourth-order valence-corrected chi connectivity index (χ4v) is 3.73. The molecule has 2 aliphatic heterocycles. The van der Waals surface area contributed by atoms with E-state index < -0.39 is 48.0 Å². The summed E-state index contributed by atoms with van der Waals surface area (Å²) in [6, 6.07) is 7.86. The van der Waals surface area contributed by atoms with Crippen LogP contribution in [0, 0.1) is 0 Å². The second-order valence-electron chi connectivity index (χ2n) is 7.93. The number of carbonyl (C=O) groups excluding carboxylic acids is 1. The first-order valence-electron chi connectivity index (χ1n) is 9.87. The van der Waals surface area contributed by atoms with E-state index in [1.54, 1.807) is 26.0 Å². The molecular formula is C20H27N3O8.